The number of hydrogen-bond donors (Lipinski definition) is 2. The van der Waals surface area contributed by atoms with E-state index in [0.29, 0.717) is 19.4 Å². The van der Waals surface area contributed by atoms with Crippen molar-refractivity contribution in [1.29, 1.82) is 0 Å². The third-order valence-electron chi connectivity index (χ3n) is 3.79. The SMILES string of the molecule is C=CC(=O)N1CCCC(C(=O)Nc2cc(Cl)cc([N+](=O)[O-])c2O)C1. The highest BCUT2D eigenvalue weighted by Gasteiger charge is 2.29. The summed E-state index contributed by atoms with van der Waals surface area (Å²) in [6, 6.07) is 2.23. The van der Waals surface area contributed by atoms with Crippen LogP contribution in [0.3, 0.4) is 0 Å². The van der Waals surface area contributed by atoms with Gasteiger partial charge in [-0.05, 0) is 25.0 Å². The van der Waals surface area contributed by atoms with Crippen molar-refractivity contribution in [2.45, 2.75) is 12.8 Å². The Bertz CT molecular complexity index is 707. The van der Waals surface area contributed by atoms with E-state index in [1.807, 2.05) is 0 Å². The molecule has 1 unspecified atom stereocenters. The zero-order valence-electron chi connectivity index (χ0n) is 12.7. The lowest BCUT2D eigenvalue weighted by Crippen LogP contribution is -2.43. The maximum Gasteiger partial charge on any atom is 0.314 e. The first-order valence-electron chi connectivity index (χ1n) is 7.22. The Kier molecular flexibility index (Phi) is 5.40. The molecule has 24 heavy (non-hydrogen) atoms. The topological polar surface area (TPSA) is 113 Å². The van der Waals surface area contributed by atoms with E-state index in [2.05, 4.69) is 11.9 Å². The Morgan fingerprint density at radius 2 is 2.21 bits per heavy atom. The van der Waals surface area contributed by atoms with E-state index < -0.39 is 28.2 Å². The van der Waals surface area contributed by atoms with E-state index in [0.717, 1.165) is 6.07 Å². The number of hydrogen-bond acceptors (Lipinski definition) is 5. The molecule has 0 radical (unpaired) electrons. The van der Waals surface area contributed by atoms with E-state index in [4.69, 9.17) is 11.6 Å². The lowest BCUT2D eigenvalue weighted by Gasteiger charge is -2.31. The molecule has 0 aromatic heterocycles. The van der Waals surface area contributed by atoms with Crippen LogP contribution in [0.25, 0.3) is 0 Å². The Morgan fingerprint density at radius 3 is 2.83 bits per heavy atom. The Balaban J connectivity index is 2.16. The van der Waals surface area contributed by atoms with E-state index in [-0.39, 0.29) is 23.2 Å². The van der Waals surface area contributed by atoms with Crippen LogP contribution in [0.5, 0.6) is 5.75 Å². The summed E-state index contributed by atoms with van der Waals surface area (Å²) < 4.78 is 0. The lowest BCUT2D eigenvalue weighted by molar-refractivity contribution is -0.385. The summed E-state index contributed by atoms with van der Waals surface area (Å²) in [6.45, 7) is 4.18. The number of carbonyl (C=O) groups is 2. The number of amides is 2. The average Bonchev–Trinajstić information content (AvgIpc) is 2.56. The molecule has 0 spiro atoms. The highest BCUT2D eigenvalue weighted by Crippen LogP contribution is 2.37. The monoisotopic (exact) mass is 353 g/mol. The van der Waals surface area contributed by atoms with E-state index in [9.17, 15) is 24.8 Å². The number of halogens is 1. The molecule has 1 aliphatic heterocycles. The minimum Gasteiger partial charge on any atom is -0.501 e. The van der Waals surface area contributed by atoms with Gasteiger partial charge in [0.1, 0.15) is 0 Å². The molecule has 1 heterocycles. The molecule has 0 saturated carbocycles. The number of phenolic OH excluding ortho intramolecular Hbond substituents is 1. The number of benzene rings is 1. The molecule has 1 aliphatic rings. The summed E-state index contributed by atoms with van der Waals surface area (Å²) in [6.07, 6.45) is 2.40. The van der Waals surface area contributed by atoms with Gasteiger partial charge in [-0.2, -0.15) is 0 Å². The van der Waals surface area contributed by atoms with Gasteiger partial charge in [-0.1, -0.05) is 18.2 Å². The van der Waals surface area contributed by atoms with E-state index >= 15 is 0 Å². The largest absolute Gasteiger partial charge is 0.501 e. The number of anilines is 1. The Morgan fingerprint density at radius 1 is 1.50 bits per heavy atom. The molecule has 128 valence electrons. The van der Waals surface area contributed by atoms with Gasteiger partial charge in [-0.25, -0.2) is 0 Å². The summed E-state index contributed by atoms with van der Waals surface area (Å²) in [5.41, 5.74) is -0.726. The van der Waals surface area contributed by atoms with Crippen molar-refractivity contribution >= 4 is 34.8 Å². The fourth-order valence-corrected chi connectivity index (χ4v) is 2.79. The third kappa shape index (κ3) is 3.83. The molecule has 1 saturated heterocycles. The number of piperidine rings is 1. The lowest BCUT2D eigenvalue weighted by atomic mass is 9.97. The third-order valence-corrected chi connectivity index (χ3v) is 4.01. The van der Waals surface area contributed by atoms with Gasteiger partial charge in [0.05, 0.1) is 16.5 Å². The number of phenols is 1. The van der Waals surface area contributed by atoms with Crippen LogP contribution in [-0.4, -0.2) is 39.8 Å². The smallest absolute Gasteiger partial charge is 0.314 e. The summed E-state index contributed by atoms with van der Waals surface area (Å²) >= 11 is 5.79. The number of carbonyl (C=O) groups excluding carboxylic acids is 2. The Hall–Kier alpha value is -2.61. The van der Waals surface area contributed by atoms with Gasteiger partial charge in [-0.3, -0.25) is 19.7 Å². The van der Waals surface area contributed by atoms with Crippen LogP contribution in [0.15, 0.2) is 24.8 Å². The first kappa shape index (κ1) is 17.7. The van der Waals surface area contributed by atoms with Gasteiger partial charge >= 0.3 is 5.69 Å². The number of nitrogens with one attached hydrogen (secondary N) is 1. The van der Waals surface area contributed by atoms with Crippen molar-refractivity contribution in [3.63, 3.8) is 0 Å². The van der Waals surface area contributed by atoms with E-state index in [1.165, 1.54) is 17.0 Å². The second-order valence-electron chi connectivity index (χ2n) is 5.39. The van der Waals surface area contributed by atoms with Crippen LogP contribution in [-0.2, 0) is 9.59 Å². The summed E-state index contributed by atoms with van der Waals surface area (Å²) in [4.78, 5) is 35.6. The van der Waals surface area contributed by atoms with Gasteiger partial charge in [0, 0.05) is 24.2 Å². The van der Waals surface area contributed by atoms with Gasteiger partial charge in [0.25, 0.3) is 0 Å². The minimum absolute atomic E-state index is 0.0157. The fraction of sp³-hybridized carbons (Fsp3) is 0.333. The number of likely N-dealkylation sites (tertiary alicyclic amines) is 1. The fourth-order valence-electron chi connectivity index (χ4n) is 2.57. The van der Waals surface area contributed by atoms with Crippen LogP contribution >= 0.6 is 11.6 Å². The molecule has 1 atom stereocenters. The zero-order chi connectivity index (χ0) is 17.9. The molecule has 8 nitrogen and oxygen atoms in total. The van der Waals surface area contributed by atoms with Gasteiger partial charge in [0.15, 0.2) is 0 Å². The molecule has 1 aromatic rings. The molecule has 1 fully saturated rings. The van der Waals surface area contributed by atoms with Crippen LogP contribution in [0.4, 0.5) is 11.4 Å². The maximum atomic E-state index is 12.4. The van der Waals surface area contributed by atoms with Crippen LogP contribution in [0.1, 0.15) is 12.8 Å². The molecule has 2 rings (SSSR count). The highest BCUT2D eigenvalue weighted by atomic mass is 35.5. The molecular weight excluding hydrogens is 338 g/mol. The van der Waals surface area contributed by atoms with Gasteiger partial charge in [0.2, 0.25) is 17.6 Å². The summed E-state index contributed by atoms with van der Waals surface area (Å²) in [7, 11) is 0. The predicted molar refractivity (Wildman–Crippen MR) is 87.9 cm³/mol. The molecular formula is C15H16ClN3O5. The maximum absolute atomic E-state index is 12.4. The van der Waals surface area contributed by atoms with Crippen LogP contribution < -0.4 is 5.32 Å². The molecule has 2 amide bonds. The molecule has 9 heteroatoms. The quantitative estimate of drug-likeness (QED) is 0.373. The van der Waals surface area contributed by atoms with Crippen molar-refractivity contribution in [3.8, 4) is 5.75 Å². The number of rotatable bonds is 4. The van der Waals surface area contributed by atoms with Crippen molar-refractivity contribution in [2.75, 3.05) is 18.4 Å². The number of nitro benzene ring substituents is 1. The van der Waals surface area contributed by atoms with Gasteiger partial charge in [-0.15, -0.1) is 0 Å². The first-order chi connectivity index (χ1) is 11.3. The van der Waals surface area contributed by atoms with Crippen LogP contribution in [0, 0.1) is 16.0 Å². The second-order valence-corrected chi connectivity index (χ2v) is 5.83. The minimum atomic E-state index is -0.790. The normalized spacial score (nSPS) is 17.2. The van der Waals surface area contributed by atoms with Crippen molar-refractivity contribution < 1.29 is 19.6 Å². The van der Waals surface area contributed by atoms with Crippen molar-refractivity contribution in [2.24, 2.45) is 5.92 Å². The van der Waals surface area contributed by atoms with Crippen molar-refractivity contribution in [1.82, 2.24) is 4.90 Å². The summed E-state index contributed by atoms with van der Waals surface area (Å²) in [5, 5.41) is 23.3. The highest BCUT2D eigenvalue weighted by molar-refractivity contribution is 6.31. The van der Waals surface area contributed by atoms with E-state index in [1.54, 1.807) is 0 Å². The zero-order valence-corrected chi connectivity index (χ0v) is 13.5. The average molecular weight is 354 g/mol. The molecule has 1 aromatic carbocycles. The number of nitrogens with zero attached hydrogens (tertiary/aromatic N) is 2. The second kappa shape index (κ2) is 7.31. The molecule has 0 bridgehead atoms. The standard InChI is InChI=1S/C15H16ClN3O5/c1-2-13(20)18-5-3-4-9(8-18)15(22)17-11-6-10(16)7-12(14(11)21)19(23)24/h2,6-7,9,21H,1,3-5,8H2,(H,17,22). The predicted octanol–water partition coefficient (Wildman–Crippen LogP) is 2.32. The van der Waals surface area contributed by atoms with Crippen LogP contribution in [0.2, 0.25) is 5.02 Å². The molecule has 0 aliphatic carbocycles. The first-order valence-corrected chi connectivity index (χ1v) is 7.60. The van der Waals surface area contributed by atoms with Gasteiger partial charge < -0.3 is 15.3 Å². The summed E-state index contributed by atoms with van der Waals surface area (Å²) in [5.74, 6) is -1.84. The molecule has 2 N–H and O–H groups in total. The van der Waals surface area contributed by atoms with Crippen molar-refractivity contribution in [3.05, 3.63) is 39.9 Å². The number of aromatic hydroxyl groups is 1. The Labute approximate surface area is 142 Å². The number of nitro groups is 1.